The predicted octanol–water partition coefficient (Wildman–Crippen LogP) is 6.52. The molecule has 24 heavy (non-hydrogen) atoms. The second-order valence-corrected chi connectivity index (χ2v) is 14.5. The molecule has 0 radical (unpaired) electrons. The maximum Gasteiger partial charge on any atom is 0.192 e. The van der Waals surface area contributed by atoms with Crippen LogP contribution in [0.4, 0.5) is 0 Å². The van der Waals surface area contributed by atoms with Crippen LogP contribution in [0.25, 0.3) is 0 Å². The number of ketones is 1. The highest BCUT2D eigenvalue weighted by atomic mass is 28.4. The second-order valence-electron chi connectivity index (χ2n) is 9.77. The van der Waals surface area contributed by atoms with Crippen LogP contribution in [0.5, 0.6) is 0 Å². The quantitative estimate of drug-likeness (QED) is 0.282. The van der Waals surface area contributed by atoms with Crippen LogP contribution in [-0.2, 0) is 9.22 Å². The van der Waals surface area contributed by atoms with Crippen LogP contribution in [0.2, 0.25) is 18.1 Å². The summed E-state index contributed by atoms with van der Waals surface area (Å²) in [6.45, 7) is 17.9. The minimum absolute atomic E-state index is 0.146. The number of carbonyl (C=O) groups is 1. The highest BCUT2D eigenvalue weighted by Crippen LogP contribution is 2.40. The van der Waals surface area contributed by atoms with E-state index in [0.717, 1.165) is 12.8 Å². The van der Waals surface area contributed by atoms with Crippen molar-refractivity contribution in [3.05, 3.63) is 12.2 Å². The molecule has 0 aliphatic heterocycles. The lowest BCUT2D eigenvalue weighted by Crippen LogP contribution is -2.43. The molecular weight excluding hydrogens is 312 g/mol. The molecule has 0 amide bonds. The zero-order chi connectivity index (χ0) is 18.6. The maximum atomic E-state index is 12.1. The van der Waals surface area contributed by atoms with E-state index in [1.807, 2.05) is 0 Å². The summed E-state index contributed by atoms with van der Waals surface area (Å²) in [6, 6.07) is 0. The summed E-state index contributed by atoms with van der Waals surface area (Å²) in [5.74, 6) is 0.800. The van der Waals surface area contributed by atoms with Crippen molar-refractivity contribution in [2.24, 2.45) is 11.3 Å². The van der Waals surface area contributed by atoms with E-state index in [9.17, 15) is 4.79 Å². The molecule has 3 heteroatoms. The van der Waals surface area contributed by atoms with Gasteiger partial charge in [-0.15, -0.1) is 0 Å². The standard InChI is InChI=1S/C21H40O2Si/c1-9-10-11-12-18(23-24(7,8)20(2,3)4)14-13-17-15-19(22)21(5,6)16-17/h13-14,17-18H,9-12,15-16H2,1-8H3. The number of rotatable bonds is 8. The SMILES string of the molecule is CCCCCC(C=CC1CC(=O)C(C)(C)C1)O[Si](C)(C)C(C)(C)C. The highest BCUT2D eigenvalue weighted by molar-refractivity contribution is 6.74. The van der Waals surface area contributed by atoms with Crippen molar-refractivity contribution in [3.63, 3.8) is 0 Å². The summed E-state index contributed by atoms with van der Waals surface area (Å²) in [7, 11) is -1.76. The van der Waals surface area contributed by atoms with Crippen molar-refractivity contribution >= 4 is 14.1 Å². The van der Waals surface area contributed by atoms with Gasteiger partial charge in [0.15, 0.2) is 8.32 Å². The van der Waals surface area contributed by atoms with Gasteiger partial charge in [-0.2, -0.15) is 0 Å². The van der Waals surface area contributed by atoms with Crippen LogP contribution < -0.4 is 0 Å². The fraction of sp³-hybridized carbons (Fsp3) is 0.857. The number of hydrogen-bond donors (Lipinski definition) is 0. The van der Waals surface area contributed by atoms with Gasteiger partial charge in [0.25, 0.3) is 0 Å². The first kappa shape index (κ1) is 21.6. The van der Waals surface area contributed by atoms with Crippen LogP contribution in [0.15, 0.2) is 12.2 Å². The first-order valence-electron chi connectivity index (χ1n) is 9.78. The van der Waals surface area contributed by atoms with Crippen molar-refractivity contribution in [2.75, 3.05) is 0 Å². The summed E-state index contributed by atoms with van der Waals surface area (Å²) in [5, 5.41) is 0.231. The van der Waals surface area contributed by atoms with Crippen molar-refractivity contribution in [2.45, 2.75) is 104 Å². The lowest BCUT2D eigenvalue weighted by molar-refractivity contribution is -0.124. The van der Waals surface area contributed by atoms with Crippen LogP contribution in [-0.4, -0.2) is 20.2 Å². The molecule has 0 N–H and O–H groups in total. The zero-order valence-corrected chi connectivity index (χ0v) is 18.4. The van der Waals surface area contributed by atoms with Gasteiger partial charge in [-0.05, 0) is 36.9 Å². The predicted molar refractivity (Wildman–Crippen MR) is 107 cm³/mol. The number of Topliss-reactive ketones (excluding diaryl/α,β-unsaturated/α-hetero) is 1. The summed E-state index contributed by atoms with van der Waals surface area (Å²) in [4.78, 5) is 12.1. The fourth-order valence-corrected chi connectivity index (χ4v) is 4.43. The highest BCUT2D eigenvalue weighted by Gasteiger charge is 2.39. The Kier molecular flexibility index (Phi) is 7.49. The molecule has 0 aromatic heterocycles. The third kappa shape index (κ3) is 6.14. The Morgan fingerprint density at radius 2 is 1.92 bits per heavy atom. The summed E-state index contributed by atoms with van der Waals surface area (Å²) in [6.07, 6.45) is 11.2. The van der Waals surface area contributed by atoms with Crippen LogP contribution >= 0.6 is 0 Å². The lowest BCUT2D eigenvalue weighted by Gasteiger charge is -2.38. The molecule has 2 atom stereocenters. The van der Waals surface area contributed by atoms with E-state index < -0.39 is 8.32 Å². The Morgan fingerprint density at radius 3 is 2.38 bits per heavy atom. The van der Waals surface area contributed by atoms with Gasteiger partial charge in [0, 0.05) is 11.8 Å². The molecule has 0 spiro atoms. The lowest BCUT2D eigenvalue weighted by atomic mass is 9.89. The van der Waals surface area contributed by atoms with E-state index in [2.05, 4.69) is 66.8 Å². The minimum atomic E-state index is -1.76. The third-order valence-corrected chi connectivity index (χ3v) is 10.4. The molecule has 1 aliphatic rings. The van der Waals surface area contributed by atoms with E-state index in [1.165, 1.54) is 19.3 Å². The van der Waals surface area contributed by atoms with Gasteiger partial charge in [0.05, 0.1) is 6.10 Å². The van der Waals surface area contributed by atoms with Crippen molar-refractivity contribution < 1.29 is 9.22 Å². The fourth-order valence-electron chi connectivity index (χ4n) is 3.12. The normalized spacial score (nSPS) is 23.2. The summed E-state index contributed by atoms with van der Waals surface area (Å²) < 4.78 is 6.65. The van der Waals surface area contributed by atoms with Crippen LogP contribution in [0.1, 0.15) is 80.1 Å². The van der Waals surface area contributed by atoms with E-state index in [4.69, 9.17) is 4.43 Å². The first-order chi connectivity index (χ1) is 10.9. The Bertz CT molecular complexity index is 443. The van der Waals surface area contributed by atoms with Gasteiger partial charge in [0.1, 0.15) is 5.78 Å². The Morgan fingerprint density at radius 1 is 1.29 bits per heavy atom. The molecule has 140 valence electrons. The van der Waals surface area contributed by atoms with Crippen molar-refractivity contribution in [3.8, 4) is 0 Å². The molecule has 1 saturated carbocycles. The molecule has 1 fully saturated rings. The van der Waals surface area contributed by atoms with E-state index in [0.29, 0.717) is 18.1 Å². The molecule has 0 saturated heterocycles. The molecule has 0 aromatic carbocycles. The smallest absolute Gasteiger partial charge is 0.192 e. The Labute approximate surface area is 151 Å². The second kappa shape index (κ2) is 8.31. The zero-order valence-electron chi connectivity index (χ0n) is 17.4. The molecule has 2 unspecified atom stereocenters. The van der Waals surface area contributed by atoms with Crippen LogP contribution in [0, 0.1) is 11.3 Å². The largest absolute Gasteiger partial charge is 0.411 e. The van der Waals surface area contributed by atoms with Gasteiger partial charge in [0.2, 0.25) is 0 Å². The number of carbonyl (C=O) groups excluding carboxylic acids is 1. The minimum Gasteiger partial charge on any atom is -0.411 e. The topological polar surface area (TPSA) is 26.3 Å². The van der Waals surface area contributed by atoms with Crippen molar-refractivity contribution in [1.82, 2.24) is 0 Å². The average molecular weight is 353 g/mol. The van der Waals surface area contributed by atoms with E-state index >= 15 is 0 Å². The molecule has 0 bridgehead atoms. The van der Waals surface area contributed by atoms with E-state index in [-0.39, 0.29) is 16.6 Å². The summed E-state index contributed by atoms with van der Waals surface area (Å²) >= 11 is 0. The molecule has 2 nitrogen and oxygen atoms in total. The first-order valence-corrected chi connectivity index (χ1v) is 12.7. The monoisotopic (exact) mass is 352 g/mol. The summed E-state index contributed by atoms with van der Waals surface area (Å²) in [5.41, 5.74) is -0.146. The Balaban J connectivity index is 2.76. The third-order valence-electron chi connectivity index (χ3n) is 5.92. The number of hydrogen-bond acceptors (Lipinski definition) is 2. The average Bonchev–Trinajstić information content (AvgIpc) is 2.68. The number of unbranched alkanes of at least 4 members (excludes halogenated alkanes) is 2. The molecule has 1 aliphatic carbocycles. The van der Waals surface area contributed by atoms with Gasteiger partial charge in [-0.3, -0.25) is 4.79 Å². The van der Waals surface area contributed by atoms with Gasteiger partial charge >= 0.3 is 0 Å². The number of allylic oxidation sites excluding steroid dienone is 1. The van der Waals surface area contributed by atoms with Crippen LogP contribution in [0.3, 0.4) is 0 Å². The molecule has 1 rings (SSSR count). The van der Waals surface area contributed by atoms with Gasteiger partial charge in [-0.1, -0.05) is 73.0 Å². The molecule has 0 heterocycles. The maximum absolute atomic E-state index is 12.1. The van der Waals surface area contributed by atoms with E-state index in [1.54, 1.807) is 0 Å². The molecule has 0 aromatic rings. The Hall–Kier alpha value is -0.413. The van der Waals surface area contributed by atoms with Crippen molar-refractivity contribution in [1.29, 1.82) is 0 Å². The van der Waals surface area contributed by atoms with Gasteiger partial charge in [-0.25, -0.2) is 0 Å². The molecular formula is C21H40O2Si. The van der Waals surface area contributed by atoms with Gasteiger partial charge < -0.3 is 4.43 Å².